The van der Waals surface area contributed by atoms with Crippen molar-refractivity contribution in [2.75, 3.05) is 38.0 Å². The van der Waals surface area contributed by atoms with Crippen molar-refractivity contribution >= 4 is 23.2 Å². The van der Waals surface area contributed by atoms with E-state index in [9.17, 15) is 19.7 Å². The fourth-order valence-electron chi connectivity index (χ4n) is 3.18. The zero-order valence-corrected chi connectivity index (χ0v) is 15.8. The molecule has 0 aromatic heterocycles. The molecule has 0 saturated carbocycles. The van der Waals surface area contributed by atoms with Gasteiger partial charge in [-0.15, -0.1) is 0 Å². The Morgan fingerprint density at radius 2 is 1.57 bits per heavy atom. The highest BCUT2D eigenvalue weighted by Crippen LogP contribution is 2.32. The van der Waals surface area contributed by atoms with E-state index < -0.39 is 16.7 Å². The minimum Gasteiger partial charge on any atom is -0.454 e. The SMILES string of the molecule is O=C(NNC(=O)c1ccc(N2CCOCC2)c([N+](=O)[O-])c1)c1ccc2c(c1)OCO2. The first-order valence-corrected chi connectivity index (χ1v) is 9.14. The van der Waals surface area contributed by atoms with E-state index in [-0.39, 0.29) is 23.6 Å². The van der Waals surface area contributed by atoms with Crippen LogP contribution in [-0.2, 0) is 4.74 Å². The molecule has 0 aliphatic carbocycles. The van der Waals surface area contributed by atoms with E-state index in [1.54, 1.807) is 6.07 Å². The molecule has 30 heavy (non-hydrogen) atoms. The molecule has 4 rings (SSSR count). The molecule has 11 nitrogen and oxygen atoms in total. The number of carbonyl (C=O) groups excluding carboxylic acids is 2. The summed E-state index contributed by atoms with van der Waals surface area (Å²) >= 11 is 0. The Kier molecular flexibility index (Phi) is 5.35. The summed E-state index contributed by atoms with van der Waals surface area (Å²) in [6, 6.07) is 8.79. The lowest BCUT2D eigenvalue weighted by Gasteiger charge is -2.28. The van der Waals surface area contributed by atoms with Crippen LogP contribution in [0.2, 0.25) is 0 Å². The molecule has 2 amide bonds. The first kappa shape index (κ1) is 19.5. The predicted octanol–water partition coefficient (Wildman–Crippen LogP) is 1.23. The Labute approximate surface area is 170 Å². The van der Waals surface area contributed by atoms with Gasteiger partial charge in [0.25, 0.3) is 17.5 Å². The normalized spacial score (nSPS) is 14.9. The number of fused-ring (bicyclic) bond motifs is 1. The number of benzene rings is 2. The second-order valence-electron chi connectivity index (χ2n) is 6.54. The molecule has 2 aromatic carbocycles. The van der Waals surface area contributed by atoms with Gasteiger partial charge in [0, 0.05) is 30.3 Å². The molecule has 2 aliphatic heterocycles. The molecular weight excluding hydrogens is 396 g/mol. The summed E-state index contributed by atoms with van der Waals surface area (Å²) in [5.74, 6) is -0.284. The van der Waals surface area contributed by atoms with Crippen LogP contribution in [0.3, 0.4) is 0 Å². The van der Waals surface area contributed by atoms with E-state index in [2.05, 4.69) is 10.9 Å². The van der Waals surface area contributed by atoms with Crippen molar-refractivity contribution in [1.29, 1.82) is 0 Å². The highest BCUT2D eigenvalue weighted by molar-refractivity contribution is 6.00. The van der Waals surface area contributed by atoms with Gasteiger partial charge in [0.1, 0.15) is 5.69 Å². The predicted molar refractivity (Wildman–Crippen MR) is 104 cm³/mol. The minimum atomic E-state index is -0.680. The van der Waals surface area contributed by atoms with Crippen LogP contribution >= 0.6 is 0 Å². The molecule has 0 radical (unpaired) electrons. The molecule has 2 heterocycles. The molecular formula is C19H18N4O7. The van der Waals surface area contributed by atoms with Crippen LogP contribution in [0.1, 0.15) is 20.7 Å². The maximum atomic E-state index is 12.4. The van der Waals surface area contributed by atoms with Gasteiger partial charge in [-0.05, 0) is 30.3 Å². The molecule has 1 fully saturated rings. The molecule has 2 N–H and O–H groups in total. The summed E-state index contributed by atoms with van der Waals surface area (Å²) in [5, 5.41) is 11.5. The number of ether oxygens (including phenoxy) is 3. The summed E-state index contributed by atoms with van der Waals surface area (Å²) in [7, 11) is 0. The van der Waals surface area contributed by atoms with Gasteiger partial charge in [0.05, 0.1) is 18.1 Å². The average Bonchev–Trinajstić information content (AvgIpc) is 3.25. The number of hydrazine groups is 1. The third kappa shape index (κ3) is 3.96. The van der Waals surface area contributed by atoms with Gasteiger partial charge >= 0.3 is 0 Å². The number of anilines is 1. The van der Waals surface area contributed by atoms with Gasteiger partial charge < -0.3 is 19.1 Å². The Balaban J connectivity index is 1.44. The summed E-state index contributed by atoms with van der Waals surface area (Å²) in [6.07, 6.45) is 0. The number of nitro benzene ring substituents is 1. The minimum absolute atomic E-state index is 0.0460. The molecule has 0 spiro atoms. The number of amides is 2. The maximum Gasteiger partial charge on any atom is 0.293 e. The lowest BCUT2D eigenvalue weighted by molar-refractivity contribution is -0.384. The van der Waals surface area contributed by atoms with E-state index in [1.165, 1.54) is 30.3 Å². The second kappa shape index (κ2) is 8.25. The van der Waals surface area contributed by atoms with Crippen LogP contribution in [0.4, 0.5) is 11.4 Å². The lowest BCUT2D eigenvalue weighted by atomic mass is 10.1. The third-order valence-corrected chi connectivity index (χ3v) is 4.71. The van der Waals surface area contributed by atoms with Crippen LogP contribution in [0, 0.1) is 10.1 Å². The highest BCUT2D eigenvalue weighted by atomic mass is 16.7. The van der Waals surface area contributed by atoms with Crippen LogP contribution in [0.25, 0.3) is 0 Å². The van der Waals surface area contributed by atoms with Gasteiger partial charge in [-0.2, -0.15) is 0 Å². The van der Waals surface area contributed by atoms with Crippen molar-refractivity contribution < 1.29 is 28.7 Å². The summed E-state index contributed by atoms with van der Waals surface area (Å²) in [4.78, 5) is 37.5. The lowest BCUT2D eigenvalue weighted by Crippen LogP contribution is -2.41. The van der Waals surface area contributed by atoms with Gasteiger partial charge in [0.15, 0.2) is 11.5 Å². The quantitative estimate of drug-likeness (QED) is 0.564. The van der Waals surface area contributed by atoms with Crippen LogP contribution in [-0.4, -0.2) is 49.8 Å². The molecule has 1 saturated heterocycles. The van der Waals surface area contributed by atoms with Crippen molar-refractivity contribution in [1.82, 2.24) is 10.9 Å². The van der Waals surface area contributed by atoms with Crippen molar-refractivity contribution in [2.24, 2.45) is 0 Å². The van der Waals surface area contributed by atoms with E-state index in [0.29, 0.717) is 43.5 Å². The maximum absolute atomic E-state index is 12.4. The molecule has 2 aliphatic rings. The zero-order chi connectivity index (χ0) is 21.1. The Hall–Kier alpha value is -3.86. The fraction of sp³-hybridized carbons (Fsp3) is 0.263. The Morgan fingerprint density at radius 3 is 2.27 bits per heavy atom. The van der Waals surface area contributed by atoms with Gasteiger partial charge in [-0.25, -0.2) is 0 Å². The molecule has 11 heteroatoms. The number of nitro groups is 1. The number of hydrogen-bond donors (Lipinski definition) is 2. The largest absolute Gasteiger partial charge is 0.454 e. The van der Waals surface area contributed by atoms with Gasteiger partial charge in [-0.3, -0.25) is 30.6 Å². The number of rotatable bonds is 4. The Bertz CT molecular complexity index is 1000. The topological polar surface area (TPSA) is 132 Å². The average molecular weight is 414 g/mol. The van der Waals surface area contributed by atoms with E-state index in [0.717, 1.165) is 0 Å². The number of morpholine rings is 1. The first-order valence-electron chi connectivity index (χ1n) is 9.14. The standard InChI is InChI=1S/C19H18N4O7/c24-18(20-21-19(25)13-2-4-16-17(10-13)30-11-29-16)12-1-3-14(15(9-12)23(26)27)22-5-7-28-8-6-22/h1-4,9-10H,5-8,11H2,(H,20,24)(H,21,25). The zero-order valence-electron chi connectivity index (χ0n) is 15.8. The van der Waals surface area contributed by atoms with Crippen molar-refractivity contribution in [3.63, 3.8) is 0 Å². The number of nitrogens with one attached hydrogen (secondary N) is 2. The fourth-order valence-corrected chi connectivity index (χ4v) is 3.18. The van der Waals surface area contributed by atoms with E-state index in [1.807, 2.05) is 4.90 Å². The van der Waals surface area contributed by atoms with Crippen molar-refractivity contribution in [3.8, 4) is 11.5 Å². The number of nitrogens with zero attached hydrogens (tertiary/aromatic N) is 2. The van der Waals surface area contributed by atoms with Crippen LogP contribution < -0.4 is 25.2 Å². The van der Waals surface area contributed by atoms with Gasteiger partial charge in [-0.1, -0.05) is 0 Å². The molecule has 2 aromatic rings. The first-order chi connectivity index (χ1) is 14.5. The van der Waals surface area contributed by atoms with Gasteiger partial charge in [0.2, 0.25) is 6.79 Å². The van der Waals surface area contributed by atoms with Crippen molar-refractivity contribution in [3.05, 3.63) is 57.6 Å². The van der Waals surface area contributed by atoms with Crippen LogP contribution in [0.15, 0.2) is 36.4 Å². The molecule has 0 bridgehead atoms. The highest BCUT2D eigenvalue weighted by Gasteiger charge is 2.24. The third-order valence-electron chi connectivity index (χ3n) is 4.71. The van der Waals surface area contributed by atoms with E-state index >= 15 is 0 Å². The summed E-state index contributed by atoms with van der Waals surface area (Å²) in [5.41, 5.74) is 5.08. The van der Waals surface area contributed by atoms with E-state index in [4.69, 9.17) is 14.2 Å². The second-order valence-corrected chi connectivity index (χ2v) is 6.54. The van der Waals surface area contributed by atoms with Crippen molar-refractivity contribution in [2.45, 2.75) is 0 Å². The molecule has 0 atom stereocenters. The summed E-state index contributed by atoms with van der Waals surface area (Å²) in [6.45, 7) is 2.09. The molecule has 156 valence electrons. The number of hydrogen-bond acceptors (Lipinski definition) is 8. The molecule has 0 unspecified atom stereocenters. The monoisotopic (exact) mass is 414 g/mol. The Morgan fingerprint density at radius 1 is 0.933 bits per heavy atom. The smallest absolute Gasteiger partial charge is 0.293 e. The van der Waals surface area contributed by atoms with Crippen LogP contribution in [0.5, 0.6) is 11.5 Å². The number of carbonyl (C=O) groups is 2. The summed E-state index contributed by atoms with van der Waals surface area (Å²) < 4.78 is 15.7.